The number of rotatable bonds is 5. The van der Waals surface area contributed by atoms with Crippen molar-refractivity contribution in [1.82, 2.24) is 9.62 Å². The molecule has 1 fully saturated rings. The molecular formula is C17H22ClN3O3S. The number of nitrogens with one attached hydrogen (secondary N) is 1. The van der Waals surface area contributed by atoms with Gasteiger partial charge < -0.3 is 10.6 Å². The zero-order chi connectivity index (χ0) is 17.2. The van der Waals surface area contributed by atoms with Gasteiger partial charge in [0.05, 0.1) is 4.90 Å². The minimum atomic E-state index is -3.63. The fourth-order valence-corrected chi connectivity index (χ4v) is 3.95. The van der Waals surface area contributed by atoms with E-state index in [0.717, 1.165) is 17.2 Å². The molecule has 3 rings (SSSR count). The quantitative estimate of drug-likeness (QED) is 0.818. The summed E-state index contributed by atoms with van der Waals surface area (Å²) in [6.07, 6.45) is 0.939. The van der Waals surface area contributed by atoms with E-state index >= 15 is 0 Å². The smallest absolute Gasteiger partial charge is 0.240 e. The summed E-state index contributed by atoms with van der Waals surface area (Å²) < 4.78 is 27.2. The van der Waals surface area contributed by atoms with Gasteiger partial charge in [0.1, 0.15) is 0 Å². The Kier molecular flexibility index (Phi) is 6.40. The van der Waals surface area contributed by atoms with Gasteiger partial charge in [0.2, 0.25) is 15.9 Å². The number of nitrogens with two attached hydrogens (primary N) is 1. The highest BCUT2D eigenvalue weighted by molar-refractivity contribution is 7.89. The molecule has 0 radical (unpaired) electrons. The van der Waals surface area contributed by atoms with Crippen molar-refractivity contribution in [3.63, 3.8) is 0 Å². The third kappa shape index (κ3) is 4.70. The van der Waals surface area contributed by atoms with Crippen LogP contribution in [0.4, 0.5) is 0 Å². The first-order valence-corrected chi connectivity index (χ1v) is 9.46. The van der Waals surface area contributed by atoms with Gasteiger partial charge in [-0.3, -0.25) is 4.79 Å². The highest BCUT2D eigenvalue weighted by atomic mass is 35.5. The third-order valence-electron chi connectivity index (χ3n) is 4.24. The summed E-state index contributed by atoms with van der Waals surface area (Å²) >= 11 is 0. The van der Waals surface area contributed by atoms with Gasteiger partial charge in [-0.05, 0) is 29.3 Å². The number of hydrogen-bond donors (Lipinski definition) is 2. The number of nitrogens with zero attached hydrogens (tertiary/aromatic N) is 1. The molecule has 25 heavy (non-hydrogen) atoms. The number of carbonyl (C=O) groups is 1. The fourth-order valence-electron chi connectivity index (χ4n) is 2.88. The molecule has 1 saturated heterocycles. The van der Waals surface area contributed by atoms with Gasteiger partial charge in [-0.2, -0.15) is 0 Å². The maximum atomic E-state index is 12.4. The van der Waals surface area contributed by atoms with E-state index in [1.165, 1.54) is 0 Å². The van der Waals surface area contributed by atoms with Crippen LogP contribution in [0.2, 0.25) is 0 Å². The first-order valence-electron chi connectivity index (χ1n) is 7.97. The van der Waals surface area contributed by atoms with Crippen LogP contribution >= 0.6 is 12.4 Å². The van der Waals surface area contributed by atoms with Crippen LogP contribution in [0.1, 0.15) is 12.8 Å². The van der Waals surface area contributed by atoms with Crippen molar-refractivity contribution in [2.45, 2.75) is 23.8 Å². The molecule has 1 aliphatic rings. The molecule has 8 heteroatoms. The number of sulfonamides is 1. The number of likely N-dealkylation sites (tertiary alicyclic amines) is 1. The topological polar surface area (TPSA) is 92.5 Å². The van der Waals surface area contributed by atoms with Gasteiger partial charge in [-0.15, -0.1) is 12.4 Å². The first kappa shape index (κ1) is 19.7. The lowest BCUT2D eigenvalue weighted by atomic mass is 10.1. The van der Waals surface area contributed by atoms with Gasteiger partial charge in [0.25, 0.3) is 0 Å². The Morgan fingerprint density at radius 3 is 2.60 bits per heavy atom. The van der Waals surface area contributed by atoms with Gasteiger partial charge in [0, 0.05) is 32.1 Å². The second-order valence-corrected chi connectivity index (χ2v) is 7.81. The Hall–Kier alpha value is -1.67. The average Bonchev–Trinajstić information content (AvgIpc) is 3.01. The van der Waals surface area contributed by atoms with Crippen LogP contribution in [-0.2, 0) is 14.8 Å². The lowest BCUT2D eigenvalue weighted by molar-refractivity contribution is -0.130. The van der Waals surface area contributed by atoms with E-state index in [9.17, 15) is 13.2 Å². The second kappa shape index (κ2) is 8.14. The van der Waals surface area contributed by atoms with Crippen molar-refractivity contribution < 1.29 is 13.2 Å². The van der Waals surface area contributed by atoms with Crippen molar-refractivity contribution in [1.29, 1.82) is 0 Å². The molecule has 1 aliphatic heterocycles. The molecule has 0 aliphatic carbocycles. The van der Waals surface area contributed by atoms with Crippen molar-refractivity contribution in [3.8, 4) is 0 Å². The molecule has 136 valence electrons. The maximum absolute atomic E-state index is 12.4. The molecule has 0 bridgehead atoms. The zero-order valence-electron chi connectivity index (χ0n) is 13.7. The molecule has 1 amide bonds. The number of hydrogen-bond acceptors (Lipinski definition) is 4. The van der Waals surface area contributed by atoms with E-state index in [2.05, 4.69) is 4.72 Å². The lowest BCUT2D eigenvalue weighted by Gasteiger charge is -2.15. The number of benzene rings is 2. The second-order valence-electron chi connectivity index (χ2n) is 6.05. The minimum Gasteiger partial charge on any atom is -0.341 e. The van der Waals surface area contributed by atoms with Crippen molar-refractivity contribution in [2.24, 2.45) is 5.73 Å². The van der Waals surface area contributed by atoms with Crippen molar-refractivity contribution >= 4 is 39.1 Å². The van der Waals surface area contributed by atoms with Crippen LogP contribution in [0.15, 0.2) is 47.4 Å². The Morgan fingerprint density at radius 2 is 1.92 bits per heavy atom. The van der Waals surface area contributed by atoms with Gasteiger partial charge in [-0.25, -0.2) is 13.1 Å². The summed E-state index contributed by atoms with van der Waals surface area (Å²) in [5.41, 5.74) is 5.78. The molecule has 2 aromatic rings. The molecule has 6 nitrogen and oxygen atoms in total. The molecule has 0 spiro atoms. The van der Waals surface area contributed by atoms with E-state index in [1.807, 2.05) is 24.3 Å². The predicted molar refractivity (Wildman–Crippen MR) is 100 cm³/mol. The Bertz CT molecular complexity index is 857. The van der Waals surface area contributed by atoms with Crippen LogP contribution < -0.4 is 10.5 Å². The van der Waals surface area contributed by atoms with Crippen LogP contribution in [0.5, 0.6) is 0 Å². The summed E-state index contributed by atoms with van der Waals surface area (Å²) in [5.74, 6) is -0.0656. The van der Waals surface area contributed by atoms with Gasteiger partial charge in [0.15, 0.2) is 0 Å². The largest absolute Gasteiger partial charge is 0.341 e. The zero-order valence-corrected chi connectivity index (χ0v) is 15.4. The first-order chi connectivity index (χ1) is 11.5. The lowest BCUT2D eigenvalue weighted by Crippen LogP contribution is -2.34. The van der Waals surface area contributed by atoms with Crippen LogP contribution in [0.25, 0.3) is 10.8 Å². The third-order valence-corrected chi connectivity index (χ3v) is 5.70. The molecule has 2 aromatic carbocycles. The molecule has 1 heterocycles. The molecular weight excluding hydrogens is 362 g/mol. The monoisotopic (exact) mass is 383 g/mol. The Morgan fingerprint density at radius 1 is 1.20 bits per heavy atom. The molecule has 3 N–H and O–H groups in total. The number of halogens is 1. The van der Waals surface area contributed by atoms with Crippen LogP contribution in [-0.4, -0.2) is 44.9 Å². The number of fused-ring (bicyclic) bond motifs is 1. The summed E-state index contributed by atoms with van der Waals surface area (Å²) in [5, 5.41) is 1.85. The van der Waals surface area contributed by atoms with E-state index in [4.69, 9.17) is 5.73 Å². The molecule has 1 atom stereocenters. The maximum Gasteiger partial charge on any atom is 0.240 e. The van der Waals surface area contributed by atoms with Crippen LogP contribution in [0.3, 0.4) is 0 Å². The molecule has 0 saturated carbocycles. The summed E-state index contributed by atoms with van der Waals surface area (Å²) in [6, 6.07) is 12.6. The van der Waals surface area contributed by atoms with Crippen molar-refractivity contribution in [3.05, 3.63) is 42.5 Å². The van der Waals surface area contributed by atoms with Gasteiger partial charge >= 0.3 is 0 Å². The number of amides is 1. The number of carbonyl (C=O) groups excluding carboxylic acids is 1. The minimum absolute atomic E-state index is 0. The van der Waals surface area contributed by atoms with E-state index in [1.54, 1.807) is 23.1 Å². The fraction of sp³-hybridized carbons (Fsp3) is 0.353. The molecule has 0 aromatic heterocycles. The predicted octanol–water partition coefficient (Wildman–Crippen LogP) is 1.49. The van der Waals surface area contributed by atoms with E-state index < -0.39 is 10.0 Å². The summed E-state index contributed by atoms with van der Waals surface area (Å²) in [4.78, 5) is 13.9. The van der Waals surface area contributed by atoms with E-state index in [-0.39, 0.29) is 42.2 Å². The summed E-state index contributed by atoms with van der Waals surface area (Å²) in [6.45, 7) is 1.29. The Labute approximate surface area is 153 Å². The standard InChI is InChI=1S/C17H21N3O3S.ClH/c18-15-8-10-20(12-15)17(21)7-9-19-24(22,23)16-6-5-13-3-1-2-4-14(13)11-16;/h1-6,11,15,19H,7-10,12,18H2;1H/t15-;/m1./s1. The van der Waals surface area contributed by atoms with Crippen molar-refractivity contribution in [2.75, 3.05) is 19.6 Å². The average molecular weight is 384 g/mol. The Balaban J connectivity index is 0.00000225. The molecule has 0 unspecified atom stereocenters. The highest BCUT2D eigenvalue weighted by Gasteiger charge is 2.23. The normalized spacial score (nSPS) is 17.5. The SMILES string of the molecule is Cl.N[C@@H]1CCN(C(=O)CCNS(=O)(=O)c2ccc3ccccc3c2)C1. The highest BCUT2D eigenvalue weighted by Crippen LogP contribution is 2.18. The summed E-state index contributed by atoms with van der Waals surface area (Å²) in [7, 11) is -3.63. The van der Waals surface area contributed by atoms with E-state index in [0.29, 0.717) is 13.1 Å². The van der Waals surface area contributed by atoms with Crippen LogP contribution in [0, 0.1) is 0 Å². The van der Waals surface area contributed by atoms with Gasteiger partial charge in [-0.1, -0.05) is 30.3 Å².